The van der Waals surface area contributed by atoms with Gasteiger partial charge in [0, 0.05) is 62.8 Å². The van der Waals surface area contributed by atoms with E-state index in [1.165, 1.54) is 0 Å². The zero-order valence-electron chi connectivity index (χ0n) is 17.6. The van der Waals surface area contributed by atoms with Crippen LogP contribution in [0.25, 0.3) is 0 Å². The van der Waals surface area contributed by atoms with Gasteiger partial charge in [-0.1, -0.05) is 23.7 Å². The van der Waals surface area contributed by atoms with E-state index in [2.05, 4.69) is 4.90 Å². The topological polar surface area (TPSA) is 53.1 Å². The molecule has 2 fully saturated rings. The molecule has 2 aromatic rings. The molecule has 0 atom stereocenters. The summed E-state index contributed by atoms with van der Waals surface area (Å²) in [5, 5.41) is 0.697. The number of ether oxygens (including phenoxy) is 1. The Morgan fingerprint density at radius 1 is 1.00 bits per heavy atom. The fourth-order valence-corrected chi connectivity index (χ4v) is 4.20. The number of rotatable bonds is 7. The van der Waals surface area contributed by atoms with E-state index < -0.39 is 0 Å². The Bertz CT molecular complexity index is 911. The van der Waals surface area contributed by atoms with Crippen molar-refractivity contribution in [2.45, 2.75) is 19.4 Å². The third kappa shape index (κ3) is 5.77. The molecule has 0 saturated carbocycles. The highest BCUT2D eigenvalue weighted by molar-refractivity contribution is 6.30. The van der Waals surface area contributed by atoms with Gasteiger partial charge in [-0.25, -0.2) is 0 Å². The van der Waals surface area contributed by atoms with Gasteiger partial charge in [-0.3, -0.25) is 14.5 Å². The summed E-state index contributed by atoms with van der Waals surface area (Å²) in [6.45, 7) is 5.89. The van der Waals surface area contributed by atoms with E-state index in [4.69, 9.17) is 16.3 Å². The van der Waals surface area contributed by atoms with Crippen molar-refractivity contribution in [1.29, 1.82) is 0 Å². The van der Waals surface area contributed by atoms with Crippen molar-refractivity contribution < 1.29 is 14.3 Å². The highest BCUT2D eigenvalue weighted by Gasteiger charge is 2.23. The van der Waals surface area contributed by atoms with Crippen molar-refractivity contribution in [1.82, 2.24) is 14.7 Å². The molecule has 164 valence electrons. The Morgan fingerprint density at radius 3 is 2.48 bits per heavy atom. The monoisotopic (exact) mass is 441 g/mol. The van der Waals surface area contributed by atoms with Gasteiger partial charge in [0.1, 0.15) is 12.4 Å². The number of piperazine rings is 1. The SMILES string of the molecule is O=C1CCCN1Cc1cccc(C(=O)N2CCN(CCOc3ccc(Cl)cc3)CC2)c1. The van der Waals surface area contributed by atoms with Gasteiger partial charge in [0.05, 0.1) is 0 Å². The predicted octanol–water partition coefficient (Wildman–Crippen LogP) is 3.30. The lowest BCUT2D eigenvalue weighted by Gasteiger charge is -2.34. The molecule has 2 aliphatic heterocycles. The van der Waals surface area contributed by atoms with Crippen LogP contribution in [0.15, 0.2) is 48.5 Å². The van der Waals surface area contributed by atoms with Crippen LogP contribution in [0, 0.1) is 0 Å². The molecule has 2 saturated heterocycles. The molecule has 2 aromatic carbocycles. The number of carbonyl (C=O) groups is 2. The van der Waals surface area contributed by atoms with E-state index in [9.17, 15) is 9.59 Å². The number of amides is 2. The first kappa shape index (κ1) is 21.7. The second-order valence-electron chi connectivity index (χ2n) is 8.06. The Labute approximate surface area is 188 Å². The Balaban J connectivity index is 1.24. The minimum Gasteiger partial charge on any atom is -0.492 e. The van der Waals surface area contributed by atoms with Crippen LogP contribution in [0.4, 0.5) is 0 Å². The number of hydrogen-bond acceptors (Lipinski definition) is 4. The average Bonchev–Trinajstić information content (AvgIpc) is 3.19. The second kappa shape index (κ2) is 10.2. The van der Waals surface area contributed by atoms with Crippen molar-refractivity contribution in [2.75, 3.05) is 45.9 Å². The van der Waals surface area contributed by atoms with Gasteiger partial charge >= 0.3 is 0 Å². The van der Waals surface area contributed by atoms with Gasteiger partial charge in [0.25, 0.3) is 5.91 Å². The maximum atomic E-state index is 13.0. The minimum atomic E-state index is 0.0617. The molecule has 31 heavy (non-hydrogen) atoms. The van der Waals surface area contributed by atoms with Crippen LogP contribution >= 0.6 is 11.6 Å². The van der Waals surface area contributed by atoms with Crippen LogP contribution in [-0.4, -0.2) is 72.4 Å². The van der Waals surface area contributed by atoms with Crippen LogP contribution < -0.4 is 4.74 Å². The molecule has 0 aromatic heterocycles. The summed E-state index contributed by atoms with van der Waals surface area (Å²) in [5.41, 5.74) is 1.71. The van der Waals surface area contributed by atoms with Gasteiger partial charge in [0.2, 0.25) is 5.91 Å². The highest BCUT2D eigenvalue weighted by Crippen LogP contribution is 2.17. The summed E-state index contributed by atoms with van der Waals surface area (Å²) in [5.74, 6) is 1.08. The first-order valence-electron chi connectivity index (χ1n) is 10.9. The van der Waals surface area contributed by atoms with Crippen LogP contribution in [0.5, 0.6) is 5.75 Å². The molecule has 0 bridgehead atoms. The zero-order chi connectivity index (χ0) is 21.6. The van der Waals surface area contributed by atoms with Gasteiger partial charge in [-0.15, -0.1) is 0 Å². The molecule has 0 unspecified atom stereocenters. The fraction of sp³-hybridized carbons (Fsp3) is 0.417. The number of benzene rings is 2. The average molecular weight is 442 g/mol. The van der Waals surface area contributed by atoms with E-state index in [1.54, 1.807) is 0 Å². The first-order valence-corrected chi connectivity index (χ1v) is 11.2. The maximum absolute atomic E-state index is 13.0. The van der Waals surface area contributed by atoms with E-state index >= 15 is 0 Å². The lowest BCUT2D eigenvalue weighted by Crippen LogP contribution is -2.49. The van der Waals surface area contributed by atoms with Gasteiger partial charge in [-0.2, -0.15) is 0 Å². The third-order valence-corrected chi connectivity index (χ3v) is 6.12. The molecule has 2 aliphatic rings. The third-order valence-electron chi connectivity index (χ3n) is 5.87. The van der Waals surface area contributed by atoms with Crippen molar-refractivity contribution in [2.24, 2.45) is 0 Å². The lowest BCUT2D eigenvalue weighted by molar-refractivity contribution is -0.128. The highest BCUT2D eigenvalue weighted by atomic mass is 35.5. The van der Waals surface area contributed by atoms with Crippen molar-refractivity contribution in [3.8, 4) is 5.75 Å². The summed E-state index contributed by atoms with van der Waals surface area (Å²) in [6.07, 6.45) is 1.56. The molecule has 7 heteroatoms. The summed E-state index contributed by atoms with van der Waals surface area (Å²) in [4.78, 5) is 31.0. The number of carbonyl (C=O) groups excluding carboxylic acids is 2. The van der Waals surface area contributed by atoms with E-state index in [-0.39, 0.29) is 11.8 Å². The molecule has 0 N–H and O–H groups in total. The Morgan fingerprint density at radius 2 is 1.77 bits per heavy atom. The predicted molar refractivity (Wildman–Crippen MR) is 120 cm³/mol. The molecule has 0 spiro atoms. The summed E-state index contributed by atoms with van der Waals surface area (Å²) < 4.78 is 5.77. The lowest BCUT2D eigenvalue weighted by atomic mass is 10.1. The quantitative estimate of drug-likeness (QED) is 0.661. The number of halogens is 1. The second-order valence-corrected chi connectivity index (χ2v) is 8.49. The van der Waals surface area contributed by atoms with E-state index in [1.807, 2.05) is 58.3 Å². The largest absolute Gasteiger partial charge is 0.492 e. The van der Waals surface area contributed by atoms with Crippen LogP contribution in [0.3, 0.4) is 0 Å². The summed E-state index contributed by atoms with van der Waals surface area (Å²) in [7, 11) is 0. The molecule has 0 aliphatic carbocycles. The zero-order valence-corrected chi connectivity index (χ0v) is 18.4. The van der Waals surface area contributed by atoms with Crippen LogP contribution in [0.1, 0.15) is 28.8 Å². The minimum absolute atomic E-state index is 0.0617. The van der Waals surface area contributed by atoms with Crippen LogP contribution in [-0.2, 0) is 11.3 Å². The van der Waals surface area contributed by atoms with Gasteiger partial charge < -0.3 is 14.5 Å². The van der Waals surface area contributed by atoms with Gasteiger partial charge in [0.15, 0.2) is 0 Å². The van der Waals surface area contributed by atoms with E-state index in [0.29, 0.717) is 43.2 Å². The van der Waals surface area contributed by atoms with E-state index in [0.717, 1.165) is 43.9 Å². The molecule has 0 radical (unpaired) electrons. The maximum Gasteiger partial charge on any atom is 0.253 e. The molecule has 2 amide bonds. The van der Waals surface area contributed by atoms with Crippen molar-refractivity contribution >= 4 is 23.4 Å². The van der Waals surface area contributed by atoms with Crippen molar-refractivity contribution in [3.05, 3.63) is 64.7 Å². The number of hydrogen-bond donors (Lipinski definition) is 0. The van der Waals surface area contributed by atoms with Gasteiger partial charge in [-0.05, 0) is 48.4 Å². The summed E-state index contributed by atoms with van der Waals surface area (Å²) >= 11 is 5.89. The summed E-state index contributed by atoms with van der Waals surface area (Å²) in [6, 6.07) is 15.1. The number of nitrogens with zero attached hydrogens (tertiary/aromatic N) is 3. The first-order chi connectivity index (χ1) is 15.1. The molecule has 6 nitrogen and oxygen atoms in total. The number of likely N-dealkylation sites (tertiary alicyclic amines) is 1. The fourth-order valence-electron chi connectivity index (χ4n) is 4.07. The normalized spacial score (nSPS) is 17.3. The molecule has 2 heterocycles. The Kier molecular flexibility index (Phi) is 7.10. The molecular weight excluding hydrogens is 414 g/mol. The molecular formula is C24H28ClN3O3. The smallest absolute Gasteiger partial charge is 0.253 e. The van der Waals surface area contributed by atoms with Crippen molar-refractivity contribution in [3.63, 3.8) is 0 Å². The van der Waals surface area contributed by atoms with Crippen LogP contribution in [0.2, 0.25) is 5.02 Å². The standard InChI is InChI=1S/C24H28ClN3O3/c25-21-6-8-22(9-7-21)31-16-15-26-11-13-27(14-12-26)24(30)20-4-1-3-19(17-20)18-28-10-2-5-23(28)29/h1,3-4,6-9,17H,2,5,10-16,18H2. The molecule has 4 rings (SSSR count). The Hall–Kier alpha value is -2.57.